The number of rotatable bonds is 8. The first-order chi connectivity index (χ1) is 48.1. The van der Waals surface area contributed by atoms with Gasteiger partial charge in [0.05, 0.1) is 28.4 Å². The lowest BCUT2D eigenvalue weighted by Crippen LogP contribution is -2.48. The zero-order chi connectivity index (χ0) is 71.4. The van der Waals surface area contributed by atoms with Crippen LogP contribution in [-0.4, -0.2) is 133 Å². The SMILES string of the molecule is COc1cccc2c1[n+]([O-])c1cccc(OC(=O)N(C)C)c1[n+]2[O-].COc1cccc2c1[n+]([O-])c1cccc(OC(=O)N3CCCC3)c1[n+]2[O-].COc1cccc2c1[n+]([O-])c1cccc(OC(=O)N3CCN(C)CC3)c1[n+]2[O-].COc1cccc2c1[n+]([O-])c1cccc(OC(C)=O)c1[n+]2[O-]. The second kappa shape index (κ2) is 28.8. The molecule has 0 radical (unpaired) electrons. The van der Waals surface area contributed by atoms with E-state index >= 15 is 0 Å². The number of ether oxygens (including phenoxy) is 8. The fourth-order valence-electron chi connectivity index (χ4n) is 11.5. The van der Waals surface area contributed by atoms with E-state index < -0.39 is 24.2 Å². The molecule has 2 fully saturated rings. The van der Waals surface area contributed by atoms with Crippen LogP contribution < -0.4 is 75.7 Å². The molecule has 8 aromatic carbocycles. The number of likely N-dealkylation sites (tertiary alicyclic amines) is 1. The molecule has 100 heavy (non-hydrogen) atoms. The van der Waals surface area contributed by atoms with Crippen LogP contribution in [0.5, 0.6) is 46.0 Å². The van der Waals surface area contributed by atoms with Crippen molar-refractivity contribution in [1.29, 1.82) is 0 Å². The highest BCUT2D eigenvalue weighted by atomic mass is 16.6. The van der Waals surface area contributed by atoms with E-state index in [-0.39, 0.29) is 123 Å². The quantitative estimate of drug-likeness (QED) is 0.0604. The van der Waals surface area contributed by atoms with Gasteiger partial charge in [-0.15, -0.1) is 0 Å². The van der Waals surface area contributed by atoms with Gasteiger partial charge >= 0.3 is 68.4 Å². The molecule has 0 aliphatic carbocycles. The van der Waals surface area contributed by atoms with Gasteiger partial charge in [0.2, 0.25) is 23.0 Å². The minimum absolute atomic E-state index is 0.000676. The number of esters is 1. The molecule has 2 aliphatic heterocycles. The molecule has 0 bridgehead atoms. The Morgan fingerprint density at radius 1 is 0.330 bits per heavy atom. The lowest BCUT2D eigenvalue weighted by molar-refractivity contribution is -0.591. The first kappa shape index (κ1) is 68.4. The van der Waals surface area contributed by atoms with Crippen molar-refractivity contribution in [2.75, 3.05) is 88.9 Å². The van der Waals surface area contributed by atoms with Crippen molar-refractivity contribution in [3.63, 3.8) is 0 Å². The molecule has 2 saturated heterocycles. The van der Waals surface area contributed by atoms with Crippen LogP contribution in [0.1, 0.15) is 19.8 Å². The molecule has 32 heteroatoms. The van der Waals surface area contributed by atoms with Crippen molar-refractivity contribution < 1.29 is 94.9 Å². The molecule has 0 spiro atoms. The third-order valence-corrected chi connectivity index (χ3v) is 16.4. The average molecular weight is 1370 g/mol. The van der Waals surface area contributed by atoms with E-state index in [1.165, 1.54) is 139 Å². The van der Waals surface area contributed by atoms with Crippen molar-refractivity contribution in [3.8, 4) is 46.0 Å². The highest BCUT2D eigenvalue weighted by Crippen LogP contribution is 2.32. The van der Waals surface area contributed by atoms with Crippen LogP contribution in [0.2, 0.25) is 0 Å². The molecule has 4 aromatic heterocycles. The summed E-state index contributed by atoms with van der Waals surface area (Å²) in [4.78, 5) is 54.4. The Balaban J connectivity index is 0.000000135. The third kappa shape index (κ3) is 12.9. The van der Waals surface area contributed by atoms with Gasteiger partial charge < -0.3 is 99.2 Å². The largest absolute Gasteiger partial charge is 0.617 e. The van der Waals surface area contributed by atoms with Gasteiger partial charge in [-0.1, -0.05) is 48.5 Å². The van der Waals surface area contributed by atoms with Gasteiger partial charge in [-0.25, -0.2) is 14.4 Å². The Morgan fingerprint density at radius 3 is 0.790 bits per heavy atom. The predicted octanol–water partition coefficient (Wildman–Crippen LogP) is 5.40. The van der Waals surface area contributed by atoms with Crippen LogP contribution in [0.15, 0.2) is 146 Å². The normalized spacial score (nSPS) is 12.9. The molecule has 0 atom stereocenters. The van der Waals surface area contributed by atoms with E-state index in [2.05, 4.69) is 4.90 Å². The molecule has 2 aliphatic rings. The van der Waals surface area contributed by atoms with Gasteiger partial charge in [0.25, 0.3) is 44.1 Å². The van der Waals surface area contributed by atoms with Crippen molar-refractivity contribution in [2.45, 2.75) is 19.8 Å². The van der Waals surface area contributed by atoms with Crippen LogP contribution in [0.3, 0.4) is 0 Å². The Morgan fingerprint density at radius 2 is 0.550 bits per heavy atom. The van der Waals surface area contributed by atoms with E-state index in [9.17, 15) is 60.8 Å². The smallest absolute Gasteiger partial charge is 0.415 e. The molecule has 0 N–H and O–H groups in total. The molecular weight excluding hydrogens is 1300 g/mol. The number of nitrogens with zero attached hydrogens (tertiary/aromatic N) is 12. The number of carbonyl (C=O) groups is 4. The Hall–Kier alpha value is -13.0. The summed E-state index contributed by atoms with van der Waals surface area (Å²) in [6.07, 6.45) is 0.154. The zero-order valence-corrected chi connectivity index (χ0v) is 55.0. The molecule has 32 nitrogen and oxygen atoms in total. The highest BCUT2D eigenvalue weighted by Gasteiger charge is 2.34. The minimum atomic E-state index is -0.648. The van der Waals surface area contributed by atoms with Crippen molar-refractivity contribution in [1.82, 2.24) is 19.6 Å². The average Bonchev–Trinajstić information content (AvgIpc) is 0.917. The summed E-state index contributed by atoms with van der Waals surface area (Å²) >= 11 is 0. The number of aromatic nitrogens is 8. The van der Waals surface area contributed by atoms with Crippen molar-refractivity contribution in [3.05, 3.63) is 187 Å². The highest BCUT2D eigenvalue weighted by molar-refractivity contribution is 5.89. The predicted molar refractivity (Wildman–Crippen MR) is 357 cm³/mol. The van der Waals surface area contributed by atoms with E-state index in [0.717, 1.165) is 25.9 Å². The number of benzene rings is 8. The number of hydrogen-bond acceptors (Lipinski definition) is 21. The monoisotopic (exact) mass is 1370 g/mol. The summed E-state index contributed by atoms with van der Waals surface area (Å²) in [6.45, 7) is 5.06. The minimum Gasteiger partial charge on any atom is -0.617 e. The lowest BCUT2D eigenvalue weighted by atomic mass is 10.2. The Kier molecular flexibility index (Phi) is 19.7. The first-order valence-corrected chi connectivity index (χ1v) is 30.8. The number of methoxy groups -OCH3 is 4. The van der Waals surface area contributed by atoms with E-state index in [1.54, 1.807) is 70.5 Å². The zero-order valence-electron chi connectivity index (χ0n) is 55.0. The fraction of sp³-hybridized carbons (Fsp3) is 0.235. The maximum atomic E-state index is 13.0. The number of carbonyl (C=O) groups excluding carboxylic acids is 4. The van der Waals surface area contributed by atoms with E-state index in [1.807, 2.05) is 7.05 Å². The van der Waals surface area contributed by atoms with E-state index in [4.69, 9.17) is 37.9 Å². The van der Waals surface area contributed by atoms with Gasteiger partial charge in [-0.05, 0) is 68.4 Å². The molecule has 12 aromatic rings. The van der Waals surface area contributed by atoms with Gasteiger partial charge in [0.1, 0.15) is 0 Å². The van der Waals surface area contributed by atoms with Crippen LogP contribution in [0, 0.1) is 41.7 Å². The number of fused-ring (bicyclic) bond motifs is 8. The fourth-order valence-corrected chi connectivity index (χ4v) is 11.5. The topological polar surface area (TPSA) is 371 Å². The van der Waals surface area contributed by atoms with Crippen LogP contribution in [0.25, 0.3) is 88.3 Å². The van der Waals surface area contributed by atoms with Crippen molar-refractivity contribution >= 4 is 113 Å². The summed E-state index contributed by atoms with van der Waals surface area (Å²) in [7, 11) is 10.7. The summed E-state index contributed by atoms with van der Waals surface area (Å²) in [5.74, 6) is 0.735. The molecule has 6 heterocycles. The standard InChI is InChI=1S/C19H20N4O5.C18H17N3O5.C16H15N3O5.C15H12N2O5/c1-20-9-11-21(12-10-20)19(24)28-16-8-4-6-14-18(16)23(26)13-5-3-7-15(27-2)17(13)22(14)25;1-25-14-8-4-6-12-16(14)20(23)13-7-5-9-15(17(13)21(12)24)26-18(22)19-10-2-3-11-19;1-17(2)16(20)24-13-9-5-7-11-15(13)19(22)10-6-4-8-12(23-3)14(10)18(11)21;1-9(18)22-13-8-4-6-11-15(13)17(20)10-5-3-7-12(21-2)14(10)16(11)19/h3-8H,9-12H2,1-2H3;4-9H,2-3,10-11H2,1H3;4-9H,1-3H3;3-8H,1-2H3. The molecular formula is C68H64N12O20. The Bertz CT molecular complexity index is 5230. The number of piperazine rings is 1. The molecule has 14 rings (SSSR count). The maximum Gasteiger partial charge on any atom is 0.415 e. The number of para-hydroxylation sites is 8. The first-order valence-electron chi connectivity index (χ1n) is 30.8. The van der Waals surface area contributed by atoms with Crippen molar-refractivity contribution in [2.24, 2.45) is 0 Å². The molecule has 3 amide bonds. The summed E-state index contributed by atoms with van der Waals surface area (Å²) in [5, 5.41) is 102. The lowest BCUT2D eigenvalue weighted by Gasteiger charge is -2.31. The van der Waals surface area contributed by atoms with Gasteiger partial charge in [0, 0.05) is 109 Å². The van der Waals surface area contributed by atoms with Gasteiger partial charge in [-0.2, -0.15) is 37.8 Å². The summed E-state index contributed by atoms with van der Waals surface area (Å²) in [6, 6.07) is 37.1. The summed E-state index contributed by atoms with van der Waals surface area (Å²) < 4.78 is 46.8. The number of amides is 3. The molecule has 0 unspecified atom stereocenters. The summed E-state index contributed by atoms with van der Waals surface area (Å²) in [5.41, 5.74) is 1.32. The Labute approximate surface area is 566 Å². The number of hydrogen-bond donors (Lipinski definition) is 0. The van der Waals surface area contributed by atoms with Gasteiger partial charge in [-0.3, -0.25) is 4.79 Å². The van der Waals surface area contributed by atoms with Crippen LogP contribution in [-0.2, 0) is 4.79 Å². The third-order valence-electron chi connectivity index (χ3n) is 16.4. The van der Waals surface area contributed by atoms with Crippen LogP contribution >= 0.6 is 0 Å². The molecule has 0 saturated carbocycles. The van der Waals surface area contributed by atoms with Gasteiger partial charge in [0.15, 0.2) is 23.0 Å². The molecule has 516 valence electrons. The van der Waals surface area contributed by atoms with E-state index in [0.29, 0.717) is 75.5 Å². The second-order valence-corrected chi connectivity index (χ2v) is 22.7. The maximum absolute atomic E-state index is 13.0. The number of likely N-dealkylation sites (N-methyl/N-ethyl adjacent to an activating group) is 1. The second-order valence-electron chi connectivity index (χ2n) is 22.7. The van der Waals surface area contributed by atoms with Crippen LogP contribution in [0.4, 0.5) is 14.4 Å².